The van der Waals surface area contributed by atoms with Crippen molar-refractivity contribution in [3.8, 4) is 0 Å². The molecule has 0 aromatic heterocycles. The summed E-state index contributed by atoms with van der Waals surface area (Å²) in [5.74, 6) is 1.31. The molecular weight excluding hydrogens is 426 g/mol. The van der Waals surface area contributed by atoms with Crippen molar-refractivity contribution in [3.05, 3.63) is 0 Å². The second kappa shape index (κ2) is 8.00. The molecule has 0 spiro atoms. The van der Waals surface area contributed by atoms with Gasteiger partial charge in [-0.05, 0) is 51.9 Å². The smallest absolute Gasteiger partial charge is 0.407 e. The third-order valence-corrected chi connectivity index (χ3v) is 9.62. The fraction of sp³-hybridized carbons (Fsp3) is 0.850. The number of nitrogens with one attached hydrogen (secondary N) is 1. The molecule has 0 aromatic rings. The van der Waals surface area contributed by atoms with Gasteiger partial charge in [0.2, 0.25) is 5.91 Å². The van der Waals surface area contributed by atoms with Crippen LogP contribution in [0, 0.1) is 11.8 Å². The van der Waals surface area contributed by atoms with Gasteiger partial charge in [0.05, 0.1) is 17.5 Å². The molecule has 2 aliphatic heterocycles. The van der Waals surface area contributed by atoms with E-state index in [4.69, 9.17) is 4.74 Å². The summed E-state index contributed by atoms with van der Waals surface area (Å²) in [6, 6.07) is 0.224. The summed E-state index contributed by atoms with van der Waals surface area (Å²) in [5.41, 5.74) is -0.589. The number of sulfone groups is 1. The van der Waals surface area contributed by atoms with Gasteiger partial charge in [0.25, 0.3) is 0 Å². The fourth-order valence-corrected chi connectivity index (χ4v) is 9.27. The Hall–Kier alpha value is -1.29. The molecule has 4 fully saturated rings. The predicted molar refractivity (Wildman–Crippen MR) is 116 cm³/mol. The van der Waals surface area contributed by atoms with Crippen molar-refractivity contribution >= 4 is 38.8 Å². The molecule has 2 amide bonds. The van der Waals surface area contributed by atoms with Crippen molar-refractivity contribution in [3.63, 3.8) is 0 Å². The van der Waals surface area contributed by atoms with Crippen LogP contribution in [0.5, 0.6) is 0 Å². The van der Waals surface area contributed by atoms with Crippen molar-refractivity contribution in [1.29, 1.82) is 0 Å². The maximum absolute atomic E-state index is 12.5. The zero-order valence-electron chi connectivity index (χ0n) is 17.8. The molecule has 168 valence electrons. The maximum atomic E-state index is 12.5. The maximum Gasteiger partial charge on any atom is 0.407 e. The van der Waals surface area contributed by atoms with Gasteiger partial charge in [0.1, 0.15) is 5.60 Å². The van der Waals surface area contributed by atoms with E-state index in [9.17, 15) is 18.0 Å². The summed E-state index contributed by atoms with van der Waals surface area (Å²) in [6.45, 7) is 5.50. The van der Waals surface area contributed by atoms with Crippen molar-refractivity contribution in [2.45, 2.75) is 75.8 Å². The molecule has 8 nitrogen and oxygen atoms in total. The number of carbonyl (C=O) groups is 2. The lowest BCUT2D eigenvalue weighted by atomic mass is 9.93. The number of aliphatic imine (C=N–C) groups is 1. The van der Waals surface area contributed by atoms with Crippen LogP contribution in [0.25, 0.3) is 0 Å². The molecule has 0 aromatic carbocycles. The Morgan fingerprint density at radius 1 is 1.20 bits per heavy atom. The molecule has 2 saturated heterocycles. The highest BCUT2D eigenvalue weighted by Gasteiger charge is 2.54. The number of amidine groups is 1. The number of carbonyl (C=O) groups excluding carboxylic acids is 2. The number of nitrogens with zero attached hydrogens (tertiary/aromatic N) is 2. The van der Waals surface area contributed by atoms with Crippen LogP contribution in [0.2, 0.25) is 0 Å². The third-order valence-electron chi connectivity index (χ3n) is 6.39. The van der Waals surface area contributed by atoms with Crippen LogP contribution >= 0.6 is 11.8 Å². The topological polar surface area (TPSA) is 105 Å². The zero-order chi connectivity index (χ0) is 21.7. The first-order valence-electron chi connectivity index (χ1n) is 10.7. The van der Waals surface area contributed by atoms with E-state index in [0.29, 0.717) is 17.1 Å². The summed E-state index contributed by atoms with van der Waals surface area (Å²) in [5, 5.41) is 3.22. The summed E-state index contributed by atoms with van der Waals surface area (Å²) in [6.07, 6.45) is 4.25. The number of thioether (sulfide) groups is 1. The average Bonchev–Trinajstić information content (AvgIpc) is 3.32. The number of hydrogen-bond acceptors (Lipinski definition) is 6. The summed E-state index contributed by atoms with van der Waals surface area (Å²) < 4.78 is 29.6. The SMILES string of the molecule is CC(C)(C)OC(=O)NCCC(=O)N=C1S[C@@H]2CS(=O)(=O)C[C@H]2N1[C@H]1C[C@H]2CC[C@H]1C2. The number of fused-ring (bicyclic) bond motifs is 3. The Labute approximate surface area is 182 Å². The Morgan fingerprint density at radius 3 is 2.60 bits per heavy atom. The largest absolute Gasteiger partial charge is 0.444 e. The van der Waals surface area contributed by atoms with Gasteiger partial charge < -0.3 is 15.0 Å². The minimum absolute atomic E-state index is 0.0411. The lowest BCUT2D eigenvalue weighted by Gasteiger charge is -2.36. The normalized spacial score (nSPS) is 35.6. The number of hydrogen-bond donors (Lipinski definition) is 1. The van der Waals surface area contributed by atoms with Crippen LogP contribution in [0.1, 0.15) is 52.9 Å². The monoisotopic (exact) mass is 457 g/mol. The first-order chi connectivity index (χ1) is 14.0. The van der Waals surface area contributed by atoms with E-state index >= 15 is 0 Å². The molecule has 2 saturated carbocycles. The van der Waals surface area contributed by atoms with E-state index in [2.05, 4.69) is 15.2 Å². The van der Waals surface area contributed by atoms with E-state index in [1.165, 1.54) is 31.0 Å². The Morgan fingerprint density at radius 2 is 1.97 bits per heavy atom. The minimum Gasteiger partial charge on any atom is -0.444 e. The van der Waals surface area contributed by atoms with Gasteiger partial charge in [-0.2, -0.15) is 4.99 Å². The second-order valence-electron chi connectivity index (χ2n) is 9.92. The quantitative estimate of drug-likeness (QED) is 0.690. The lowest BCUT2D eigenvalue weighted by Crippen LogP contribution is -2.47. The second-order valence-corrected chi connectivity index (χ2v) is 13.3. The van der Waals surface area contributed by atoms with Crippen LogP contribution < -0.4 is 5.32 Å². The average molecular weight is 458 g/mol. The van der Waals surface area contributed by atoms with Crippen LogP contribution in [0.15, 0.2) is 4.99 Å². The predicted octanol–water partition coefficient (Wildman–Crippen LogP) is 2.19. The van der Waals surface area contributed by atoms with Crippen molar-refractivity contribution in [2.24, 2.45) is 16.8 Å². The molecule has 5 atom stereocenters. The van der Waals surface area contributed by atoms with Crippen LogP contribution in [-0.2, 0) is 19.4 Å². The minimum atomic E-state index is -3.04. The fourth-order valence-electron chi connectivity index (χ4n) is 5.28. The molecule has 0 radical (unpaired) electrons. The Kier molecular flexibility index (Phi) is 5.85. The first kappa shape index (κ1) is 21.9. The zero-order valence-corrected chi connectivity index (χ0v) is 19.4. The highest BCUT2D eigenvalue weighted by atomic mass is 32.2. The molecule has 2 aliphatic carbocycles. The number of alkyl carbamates (subject to hydrolysis) is 1. The van der Waals surface area contributed by atoms with Gasteiger partial charge in [0.15, 0.2) is 15.0 Å². The first-order valence-corrected chi connectivity index (χ1v) is 13.4. The summed E-state index contributed by atoms with van der Waals surface area (Å²) in [4.78, 5) is 30.8. The van der Waals surface area contributed by atoms with Crippen LogP contribution in [0.4, 0.5) is 4.79 Å². The lowest BCUT2D eigenvalue weighted by molar-refractivity contribution is -0.117. The van der Waals surface area contributed by atoms with Crippen LogP contribution in [0.3, 0.4) is 0 Å². The van der Waals surface area contributed by atoms with Gasteiger partial charge >= 0.3 is 6.09 Å². The molecule has 4 rings (SSSR count). The van der Waals surface area contributed by atoms with Gasteiger partial charge in [-0.25, -0.2) is 13.2 Å². The molecule has 1 N–H and O–H groups in total. The Bertz CT molecular complexity index is 851. The summed E-state index contributed by atoms with van der Waals surface area (Å²) in [7, 11) is -3.04. The summed E-state index contributed by atoms with van der Waals surface area (Å²) >= 11 is 1.45. The van der Waals surface area contributed by atoms with E-state index in [0.717, 1.165) is 12.3 Å². The standard InChI is InChI=1S/C20H31N3O5S2/c1-20(2,3)28-19(25)21-7-6-17(24)22-18-23(14-9-12-4-5-13(14)8-12)15-10-30(26,27)11-16(15)29-18/h12-16H,4-11H2,1-3H3,(H,21,25)/t12-,13-,14-,15+,16+/m0/s1. The van der Waals surface area contributed by atoms with E-state index in [-0.39, 0.29) is 41.7 Å². The van der Waals surface area contributed by atoms with Crippen molar-refractivity contribution in [1.82, 2.24) is 10.2 Å². The van der Waals surface area contributed by atoms with E-state index in [1.807, 2.05) is 0 Å². The van der Waals surface area contributed by atoms with E-state index < -0.39 is 21.5 Å². The van der Waals surface area contributed by atoms with Crippen molar-refractivity contribution in [2.75, 3.05) is 18.1 Å². The molecule has 2 bridgehead atoms. The molecule has 30 heavy (non-hydrogen) atoms. The highest BCUT2D eigenvalue weighted by molar-refractivity contribution is 8.15. The molecule has 2 heterocycles. The van der Waals surface area contributed by atoms with Gasteiger partial charge in [-0.1, -0.05) is 18.2 Å². The number of amides is 2. The van der Waals surface area contributed by atoms with Crippen molar-refractivity contribution < 1.29 is 22.7 Å². The highest BCUT2D eigenvalue weighted by Crippen LogP contribution is 2.51. The molecule has 4 aliphatic rings. The third kappa shape index (κ3) is 4.79. The number of ether oxygens (including phenoxy) is 1. The molecule has 0 unspecified atom stereocenters. The molecule has 10 heteroatoms. The molecular formula is C20H31N3O5S2. The number of rotatable bonds is 4. The van der Waals surface area contributed by atoms with Gasteiger partial charge in [0, 0.05) is 24.3 Å². The van der Waals surface area contributed by atoms with Gasteiger partial charge in [-0.15, -0.1) is 0 Å². The Balaban J connectivity index is 1.41. The van der Waals surface area contributed by atoms with Crippen LogP contribution in [-0.4, -0.2) is 71.5 Å². The van der Waals surface area contributed by atoms with Gasteiger partial charge in [-0.3, -0.25) is 4.79 Å². The van der Waals surface area contributed by atoms with E-state index in [1.54, 1.807) is 20.8 Å².